The first-order valence-corrected chi connectivity index (χ1v) is 27.5. The maximum absolute atomic E-state index is 12.4. The second-order valence-electron chi connectivity index (χ2n) is 20.1. The predicted octanol–water partition coefficient (Wildman–Crippen LogP) is -14.2. The number of hydrazine groups is 1. The highest BCUT2D eigenvalue weighted by molar-refractivity contribution is 7.43. The fourth-order valence-corrected chi connectivity index (χ4v) is 9.85. The van der Waals surface area contributed by atoms with Gasteiger partial charge in [0.25, 0.3) is 5.91 Å². The topological polar surface area (TPSA) is 595 Å². The molecule has 0 radical (unpaired) electrons. The fraction of sp³-hybridized carbons (Fsp3) is 0.955. The minimum atomic E-state index is -5.72. The summed E-state index contributed by atoms with van der Waals surface area (Å²) in [7, 11) is -4.49. The molecular formula is C44H75N2O36P-2. The summed E-state index contributed by atoms with van der Waals surface area (Å²) in [6.45, 7) is -4.23. The van der Waals surface area contributed by atoms with E-state index in [9.17, 15) is 111 Å². The Labute approximate surface area is 470 Å². The van der Waals surface area contributed by atoms with Crippen LogP contribution in [0.5, 0.6) is 0 Å². The van der Waals surface area contributed by atoms with Crippen molar-refractivity contribution in [2.75, 3.05) is 53.4 Å². The van der Waals surface area contributed by atoms with Gasteiger partial charge in [0.1, 0.15) is 147 Å². The third kappa shape index (κ3) is 17.4. The van der Waals surface area contributed by atoms with Gasteiger partial charge in [-0.25, -0.2) is 0 Å². The van der Waals surface area contributed by atoms with Gasteiger partial charge in [0.05, 0.1) is 53.6 Å². The van der Waals surface area contributed by atoms with Gasteiger partial charge < -0.3 is 167 Å². The molecule has 30 atom stereocenters. The molecule has 39 heteroatoms. The average Bonchev–Trinajstić information content (AvgIpc) is 3.58. The van der Waals surface area contributed by atoms with Crippen LogP contribution in [0.25, 0.3) is 0 Å². The molecule has 0 aromatic heterocycles. The zero-order valence-corrected chi connectivity index (χ0v) is 45.1. The van der Waals surface area contributed by atoms with Crippen molar-refractivity contribution in [2.24, 2.45) is 0 Å². The molecule has 6 saturated heterocycles. The van der Waals surface area contributed by atoms with Crippen molar-refractivity contribution in [3.8, 4) is 0 Å². The van der Waals surface area contributed by atoms with Crippen LogP contribution in [-0.4, -0.2) is 336 Å². The third-order valence-electron chi connectivity index (χ3n) is 14.3. The Morgan fingerprint density at radius 2 is 0.843 bits per heavy atom. The number of nitrogens with one attached hydrogen (secondary N) is 2. The van der Waals surface area contributed by atoms with Gasteiger partial charge in [-0.2, -0.15) is 0 Å². The molecule has 0 bridgehead atoms. The number of methoxy groups -OCH3 is 1. The molecule has 0 aromatic carbocycles. The van der Waals surface area contributed by atoms with E-state index in [2.05, 4.69) is 20.1 Å². The summed E-state index contributed by atoms with van der Waals surface area (Å²) in [5.74, 6) is -1.42. The van der Waals surface area contributed by atoms with Crippen LogP contribution in [0.2, 0.25) is 0 Å². The fourth-order valence-electron chi connectivity index (χ4n) is 9.52. The van der Waals surface area contributed by atoms with Gasteiger partial charge in [0, 0.05) is 13.5 Å². The first-order chi connectivity index (χ1) is 39.2. The van der Waals surface area contributed by atoms with Gasteiger partial charge in [-0.15, -0.1) is 0 Å². The third-order valence-corrected chi connectivity index (χ3v) is 14.7. The van der Waals surface area contributed by atoms with Gasteiger partial charge in [0.15, 0.2) is 37.7 Å². The molecular weight excluding hydrogens is 1160 g/mol. The molecule has 6 fully saturated rings. The SMILES string of the molecule is CCC1O[C@@H](OC2[C@@H](OCC3O[C@H](OCC4O[C@@H](OCCCC(=O)NNC(=O)COC)C(O)[C@@H](O[C@@H]5OC(CO)[C@@H](O)[C@H](O)C5O[C@H]5OC(COP(=O)([O-])[O-])[C@@H](O)[C@H](O)C5O)[C@@H]4O)C(O)[C@@H](O)[C@@H]3O)OC(CO)[C@@H](O)[C@@H]2O)C(O)[C@@H](O)[C@@H]1O. The van der Waals surface area contributed by atoms with Crippen molar-refractivity contribution in [2.45, 2.75) is 210 Å². The molecule has 83 heavy (non-hydrogen) atoms. The number of aliphatic hydroxyl groups excluding tert-OH is 17. The van der Waals surface area contributed by atoms with E-state index in [1.165, 1.54) is 7.11 Å². The number of rotatable bonds is 25. The minimum Gasteiger partial charge on any atom is -0.790 e. The molecule has 0 spiro atoms. The van der Waals surface area contributed by atoms with E-state index in [0.29, 0.717) is 0 Å². The number of hydrogen-bond donors (Lipinski definition) is 19. The highest BCUT2D eigenvalue weighted by Crippen LogP contribution is 2.36. The molecule has 38 nitrogen and oxygen atoms in total. The lowest BCUT2D eigenvalue weighted by Crippen LogP contribution is -2.67. The lowest BCUT2D eigenvalue weighted by atomic mass is 9.96. The largest absolute Gasteiger partial charge is 0.790 e. The quantitative estimate of drug-likeness (QED) is 0.0229. The highest BCUT2D eigenvalue weighted by atomic mass is 31.2. The predicted molar refractivity (Wildman–Crippen MR) is 250 cm³/mol. The van der Waals surface area contributed by atoms with Gasteiger partial charge in [-0.1, -0.05) is 6.92 Å². The number of phosphoric acid groups is 1. The van der Waals surface area contributed by atoms with Gasteiger partial charge in [0.2, 0.25) is 5.91 Å². The van der Waals surface area contributed by atoms with Crippen LogP contribution < -0.4 is 20.6 Å². The van der Waals surface area contributed by atoms with Gasteiger partial charge in [-0.3, -0.25) is 20.4 Å². The number of aliphatic hydroxyl groups is 17. The van der Waals surface area contributed by atoms with Crippen LogP contribution in [-0.2, 0) is 80.3 Å². The lowest BCUT2D eigenvalue weighted by molar-refractivity contribution is -0.392. The highest BCUT2D eigenvalue weighted by Gasteiger charge is 2.56. The Kier molecular flexibility index (Phi) is 26.4. The summed E-state index contributed by atoms with van der Waals surface area (Å²) in [5, 5.41) is 184. The standard InChI is InChI=1S/C44H77N2O36P/c1-3-13-21(51)27(57)33(63)41(74-13)81-37-30(60)22(52)14(7-47)75-43(37)72-9-16-24(54)28(58)32(62)39(77-16)71-10-17-26(56)36(35(65)40(78-17)70-6-4-5-19(49)45-46-20(50)12-69-2)80-44-38(31(61)23(53)15(8-48)76-44)82-42-34(64)29(59)25(55)18(79-42)11-73-83(66,67)68/h13-18,21-44,47-48,51-65H,3-12H2,1-2H3,(H,45,49)(H,46,50)(H2,66,67,68)/p-2/t13?,14?,15?,16?,17?,18?,21-,22-,23-,24-,25-,26-,27+,28+,29+,30+,31+,32?,33?,34?,35?,36+,37?,38?,39+,40-,41+,42-,43+,44+/m1/s1. The zero-order chi connectivity index (χ0) is 61.4. The number of carbonyl (C=O) groups is 2. The molecule has 2 amide bonds. The smallest absolute Gasteiger partial charge is 0.264 e. The van der Waals surface area contributed by atoms with Crippen LogP contribution in [0.3, 0.4) is 0 Å². The first kappa shape index (κ1) is 69.9. The van der Waals surface area contributed by atoms with Crippen molar-refractivity contribution in [3.05, 3.63) is 0 Å². The maximum atomic E-state index is 12.4. The van der Waals surface area contributed by atoms with Crippen LogP contribution >= 0.6 is 7.82 Å². The van der Waals surface area contributed by atoms with Crippen LogP contribution in [0.15, 0.2) is 0 Å². The molecule has 6 heterocycles. The van der Waals surface area contributed by atoms with E-state index in [1.54, 1.807) is 6.92 Å². The summed E-state index contributed by atoms with van der Waals surface area (Å²) in [6, 6.07) is 0. The second kappa shape index (κ2) is 31.3. The number of hydrogen-bond acceptors (Lipinski definition) is 36. The first-order valence-electron chi connectivity index (χ1n) is 26.1. The molecule has 6 aliphatic heterocycles. The van der Waals surface area contributed by atoms with E-state index in [1.807, 2.05) is 0 Å². The molecule has 484 valence electrons. The minimum absolute atomic E-state index is 0.110. The number of carbonyl (C=O) groups excluding carboxylic acids is 2. The summed E-state index contributed by atoms with van der Waals surface area (Å²) in [6.07, 6.45) is -58.9. The molecule has 6 rings (SSSR count). The van der Waals surface area contributed by atoms with Crippen molar-refractivity contribution < 1.29 is 177 Å². The molecule has 0 aromatic rings. The molecule has 0 aliphatic carbocycles. The molecule has 6 aliphatic rings. The van der Waals surface area contributed by atoms with Crippen LogP contribution in [0.4, 0.5) is 0 Å². The van der Waals surface area contributed by atoms with E-state index >= 15 is 0 Å². The molecule has 19 N–H and O–H groups in total. The number of phosphoric ester groups is 1. The van der Waals surface area contributed by atoms with Crippen molar-refractivity contribution >= 4 is 19.6 Å². The summed E-state index contributed by atoms with van der Waals surface area (Å²) in [5.41, 5.74) is 4.22. The zero-order valence-electron chi connectivity index (χ0n) is 44.2. The van der Waals surface area contributed by atoms with Crippen LogP contribution in [0, 0.1) is 0 Å². The maximum Gasteiger partial charge on any atom is 0.264 e. The van der Waals surface area contributed by atoms with Crippen molar-refractivity contribution in [1.29, 1.82) is 0 Å². The molecule has 0 saturated carbocycles. The van der Waals surface area contributed by atoms with Crippen molar-refractivity contribution in [1.82, 2.24) is 10.9 Å². The Morgan fingerprint density at radius 3 is 1.36 bits per heavy atom. The van der Waals surface area contributed by atoms with E-state index < -0.39 is 244 Å². The Bertz CT molecular complexity index is 2040. The molecule has 12 unspecified atom stereocenters. The Hall–Kier alpha value is -2.15. The second-order valence-corrected chi connectivity index (χ2v) is 21.3. The van der Waals surface area contributed by atoms with Gasteiger partial charge in [-0.05, 0) is 12.8 Å². The van der Waals surface area contributed by atoms with E-state index in [-0.39, 0.29) is 25.9 Å². The Morgan fingerprint density at radius 1 is 0.446 bits per heavy atom. The van der Waals surface area contributed by atoms with E-state index in [4.69, 9.17) is 56.8 Å². The number of amides is 2. The summed E-state index contributed by atoms with van der Waals surface area (Å²) >= 11 is 0. The van der Waals surface area contributed by atoms with E-state index in [0.717, 1.165) is 0 Å². The Balaban J connectivity index is 1.20. The normalized spacial score (nSPS) is 45.4. The van der Waals surface area contributed by atoms with Crippen LogP contribution in [0.1, 0.15) is 26.2 Å². The van der Waals surface area contributed by atoms with Gasteiger partial charge >= 0.3 is 0 Å². The summed E-state index contributed by atoms with van der Waals surface area (Å²) < 4.78 is 88.4. The lowest BCUT2D eigenvalue weighted by Gasteiger charge is -2.49. The average molecular weight is 1240 g/mol. The number of ether oxygens (including phenoxy) is 13. The van der Waals surface area contributed by atoms with Crippen molar-refractivity contribution in [3.63, 3.8) is 0 Å². The monoisotopic (exact) mass is 1240 g/mol. The summed E-state index contributed by atoms with van der Waals surface area (Å²) in [4.78, 5) is 46.5.